The van der Waals surface area contributed by atoms with Crippen molar-refractivity contribution in [3.8, 4) is 5.75 Å². The molecule has 1 amide bonds. The first-order chi connectivity index (χ1) is 10.2. The van der Waals surface area contributed by atoms with Gasteiger partial charge >= 0.3 is 0 Å². The first-order valence-electron chi connectivity index (χ1n) is 6.95. The van der Waals surface area contributed by atoms with E-state index in [4.69, 9.17) is 4.74 Å². The number of carbonyl (C=O) groups excluding carboxylic acids is 1. The molecule has 3 nitrogen and oxygen atoms in total. The summed E-state index contributed by atoms with van der Waals surface area (Å²) < 4.78 is 6.56. The van der Waals surface area contributed by atoms with Crippen molar-refractivity contribution in [3.63, 3.8) is 0 Å². The summed E-state index contributed by atoms with van der Waals surface area (Å²) in [5.41, 5.74) is 0. The fourth-order valence-electron chi connectivity index (χ4n) is 2.63. The van der Waals surface area contributed by atoms with Crippen LogP contribution in [0.25, 0.3) is 0 Å². The van der Waals surface area contributed by atoms with Gasteiger partial charge in [-0.15, -0.1) is 11.3 Å². The van der Waals surface area contributed by atoms with Crippen LogP contribution in [0.4, 0.5) is 0 Å². The largest absolute Gasteiger partial charge is 0.484 e. The number of hydrogen-bond acceptors (Lipinski definition) is 3. The Labute approximate surface area is 136 Å². The molecule has 1 fully saturated rings. The van der Waals surface area contributed by atoms with Gasteiger partial charge in [-0.1, -0.05) is 28.1 Å². The van der Waals surface area contributed by atoms with Gasteiger partial charge in [-0.2, -0.15) is 0 Å². The summed E-state index contributed by atoms with van der Waals surface area (Å²) in [5.74, 6) is 0.774. The second kappa shape index (κ2) is 6.62. The van der Waals surface area contributed by atoms with E-state index in [9.17, 15) is 4.79 Å². The lowest BCUT2D eigenvalue weighted by atomic mass is 10.2. The van der Waals surface area contributed by atoms with Gasteiger partial charge in [-0.3, -0.25) is 4.79 Å². The van der Waals surface area contributed by atoms with Crippen molar-refractivity contribution >= 4 is 33.2 Å². The van der Waals surface area contributed by atoms with E-state index in [0.29, 0.717) is 5.75 Å². The average molecular weight is 366 g/mol. The van der Waals surface area contributed by atoms with Crippen LogP contribution in [0.2, 0.25) is 0 Å². The molecule has 0 saturated carbocycles. The lowest BCUT2D eigenvalue weighted by Gasteiger charge is -2.24. The molecule has 1 aliphatic rings. The molecule has 1 aliphatic heterocycles. The molecule has 2 aromatic rings. The number of benzene rings is 1. The van der Waals surface area contributed by atoms with E-state index in [2.05, 4.69) is 27.4 Å². The number of hydrogen-bond donors (Lipinski definition) is 0. The monoisotopic (exact) mass is 365 g/mol. The molecule has 110 valence electrons. The number of ether oxygens (including phenoxy) is 1. The topological polar surface area (TPSA) is 29.5 Å². The van der Waals surface area contributed by atoms with Gasteiger partial charge in [0.1, 0.15) is 5.75 Å². The van der Waals surface area contributed by atoms with Gasteiger partial charge in [0.25, 0.3) is 5.91 Å². The number of rotatable bonds is 4. The van der Waals surface area contributed by atoms with Gasteiger partial charge < -0.3 is 9.64 Å². The molecular weight excluding hydrogens is 350 g/mol. The van der Waals surface area contributed by atoms with Crippen LogP contribution in [0.3, 0.4) is 0 Å². The van der Waals surface area contributed by atoms with Gasteiger partial charge in [0.2, 0.25) is 0 Å². The van der Waals surface area contributed by atoms with E-state index in [0.717, 1.165) is 23.9 Å². The van der Waals surface area contributed by atoms with Crippen molar-refractivity contribution in [2.45, 2.75) is 18.9 Å². The molecule has 0 bridgehead atoms. The molecule has 0 radical (unpaired) electrons. The van der Waals surface area contributed by atoms with Crippen LogP contribution >= 0.6 is 27.3 Å². The molecule has 0 aliphatic carbocycles. The van der Waals surface area contributed by atoms with Crippen LogP contribution in [0.15, 0.2) is 46.3 Å². The molecule has 5 heteroatoms. The average Bonchev–Trinajstić information content (AvgIpc) is 3.14. The Morgan fingerprint density at radius 1 is 1.38 bits per heavy atom. The second-order valence-electron chi connectivity index (χ2n) is 5.01. The van der Waals surface area contributed by atoms with Gasteiger partial charge in [0, 0.05) is 15.9 Å². The maximum Gasteiger partial charge on any atom is 0.261 e. The SMILES string of the molecule is O=C(COc1cccc(Br)c1)N1CCCC1c1cccs1. The van der Waals surface area contributed by atoms with Crippen molar-refractivity contribution in [2.75, 3.05) is 13.2 Å². The first-order valence-corrected chi connectivity index (χ1v) is 8.62. The zero-order valence-electron chi connectivity index (χ0n) is 11.5. The normalized spacial score (nSPS) is 18.0. The fraction of sp³-hybridized carbons (Fsp3) is 0.312. The van der Waals surface area contributed by atoms with E-state index in [1.165, 1.54) is 4.88 Å². The smallest absolute Gasteiger partial charge is 0.261 e. The van der Waals surface area contributed by atoms with Gasteiger partial charge in [-0.25, -0.2) is 0 Å². The summed E-state index contributed by atoms with van der Waals surface area (Å²) in [6.45, 7) is 0.918. The number of halogens is 1. The first kappa shape index (κ1) is 14.6. The van der Waals surface area contributed by atoms with E-state index >= 15 is 0 Å². The molecule has 1 aromatic heterocycles. The number of carbonyl (C=O) groups is 1. The molecule has 1 unspecified atom stereocenters. The number of likely N-dealkylation sites (tertiary alicyclic amines) is 1. The van der Waals surface area contributed by atoms with Crippen LogP contribution < -0.4 is 4.74 Å². The van der Waals surface area contributed by atoms with Crippen molar-refractivity contribution in [2.24, 2.45) is 0 Å². The quantitative estimate of drug-likeness (QED) is 0.810. The number of thiophene rings is 1. The highest BCUT2D eigenvalue weighted by Gasteiger charge is 2.30. The maximum atomic E-state index is 12.4. The van der Waals surface area contributed by atoms with Crippen LogP contribution in [0.1, 0.15) is 23.8 Å². The third-order valence-corrected chi connectivity index (χ3v) is 5.07. The zero-order valence-corrected chi connectivity index (χ0v) is 13.9. The standard InChI is InChI=1S/C16H16BrNO2S/c17-12-4-1-5-13(10-12)20-11-16(19)18-8-2-6-14(18)15-7-3-9-21-15/h1,3-5,7,9-10,14H,2,6,8,11H2. The molecule has 1 saturated heterocycles. The minimum Gasteiger partial charge on any atom is -0.484 e. The second-order valence-corrected chi connectivity index (χ2v) is 6.90. The van der Waals surface area contributed by atoms with E-state index < -0.39 is 0 Å². The predicted octanol–water partition coefficient (Wildman–Crippen LogP) is 4.25. The maximum absolute atomic E-state index is 12.4. The Balaban J connectivity index is 1.62. The minimum absolute atomic E-state index is 0.0610. The van der Waals surface area contributed by atoms with Crippen molar-refractivity contribution in [1.82, 2.24) is 4.90 Å². The third-order valence-electron chi connectivity index (χ3n) is 3.60. The van der Waals surface area contributed by atoms with Crippen LogP contribution in [0, 0.1) is 0 Å². The summed E-state index contributed by atoms with van der Waals surface area (Å²) >= 11 is 5.11. The van der Waals surface area contributed by atoms with Crippen LogP contribution in [-0.4, -0.2) is 24.0 Å². The fourth-order valence-corrected chi connectivity index (χ4v) is 3.88. The van der Waals surface area contributed by atoms with Gasteiger partial charge in [-0.05, 0) is 42.5 Å². The molecule has 1 aromatic carbocycles. The predicted molar refractivity (Wildman–Crippen MR) is 87.6 cm³/mol. The van der Waals surface area contributed by atoms with Gasteiger partial charge in [0.15, 0.2) is 6.61 Å². The Hall–Kier alpha value is -1.33. The summed E-state index contributed by atoms with van der Waals surface area (Å²) in [7, 11) is 0. The highest BCUT2D eigenvalue weighted by Crippen LogP contribution is 2.34. The Kier molecular flexibility index (Phi) is 4.60. The molecule has 1 atom stereocenters. The third kappa shape index (κ3) is 3.47. The van der Waals surface area contributed by atoms with Crippen molar-refractivity contribution in [1.29, 1.82) is 0 Å². The molecule has 21 heavy (non-hydrogen) atoms. The summed E-state index contributed by atoms with van der Waals surface area (Å²) in [6, 6.07) is 11.9. The summed E-state index contributed by atoms with van der Waals surface area (Å²) in [4.78, 5) is 15.6. The Morgan fingerprint density at radius 2 is 2.29 bits per heavy atom. The zero-order chi connectivity index (χ0) is 14.7. The minimum atomic E-state index is 0.0610. The highest BCUT2D eigenvalue weighted by atomic mass is 79.9. The van der Waals surface area contributed by atoms with E-state index in [-0.39, 0.29) is 18.6 Å². The van der Waals surface area contributed by atoms with Gasteiger partial charge in [0.05, 0.1) is 6.04 Å². The molecule has 0 N–H and O–H groups in total. The Morgan fingerprint density at radius 3 is 3.05 bits per heavy atom. The van der Waals surface area contributed by atoms with E-state index in [1.54, 1.807) is 11.3 Å². The summed E-state index contributed by atoms with van der Waals surface area (Å²) in [6.07, 6.45) is 2.11. The molecular formula is C16H16BrNO2S. The lowest BCUT2D eigenvalue weighted by molar-refractivity contribution is -0.134. The van der Waals surface area contributed by atoms with Crippen molar-refractivity contribution in [3.05, 3.63) is 51.1 Å². The number of amides is 1. The molecule has 3 rings (SSSR count). The number of nitrogens with zero attached hydrogens (tertiary/aromatic N) is 1. The summed E-state index contributed by atoms with van der Waals surface area (Å²) in [5, 5.41) is 2.06. The van der Waals surface area contributed by atoms with Crippen LogP contribution in [0.5, 0.6) is 5.75 Å². The molecule has 2 heterocycles. The lowest BCUT2D eigenvalue weighted by Crippen LogP contribution is -2.34. The Bertz CT molecular complexity index is 614. The molecule has 0 spiro atoms. The van der Waals surface area contributed by atoms with E-state index in [1.807, 2.05) is 35.2 Å². The highest BCUT2D eigenvalue weighted by molar-refractivity contribution is 9.10. The van der Waals surface area contributed by atoms with Crippen molar-refractivity contribution < 1.29 is 9.53 Å². The van der Waals surface area contributed by atoms with Crippen LogP contribution in [-0.2, 0) is 4.79 Å².